The molecule has 19 heavy (non-hydrogen) atoms. The number of phenolic OH excluding ortho intramolecular Hbond substituents is 1. The van der Waals surface area contributed by atoms with E-state index in [0.717, 1.165) is 18.9 Å². The van der Waals surface area contributed by atoms with Crippen LogP contribution >= 0.6 is 0 Å². The van der Waals surface area contributed by atoms with Gasteiger partial charge in [-0.3, -0.25) is 0 Å². The Kier molecular flexibility index (Phi) is 5.23. The molecule has 3 nitrogen and oxygen atoms in total. The van der Waals surface area contributed by atoms with Crippen LogP contribution in [0, 0.1) is 5.92 Å². The highest BCUT2D eigenvalue weighted by atomic mass is 16.3. The summed E-state index contributed by atoms with van der Waals surface area (Å²) in [5, 5.41) is 13.0. The number of rotatable bonds is 6. The number of benzene rings is 1. The predicted molar refractivity (Wildman–Crippen MR) is 79.4 cm³/mol. The van der Waals surface area contributed by atoms with E-state index in [9.17, 15) is 5.11 Å². The fourth-order valence-corrected chi connectivity index (χ4v) is 2.88. The lowest BCUT2D eigenvalue weighted by Gasteiger charge is -2.20. The van der Waals surface area contributed by atoms with Gasteiger partial charge in [-0.1, -0.05) is 26.0 Å². The summed E-state index contributed by atoms with van der Waals surface area (Å²) < 4.78 is 0. The van der Waals surface area contributed by atoms with E-state index in [1.165, 1.54) is 31.6 Å². The van der Waals surface area contributed by atoms with E-state index in [1.54, 1.807) is 12.1 Å². The number of likely N-dealkylation sites (tertiary alicyclic amines) is 1. The van der Waals surface area contributed by atoms with Crippen molar-refractivity contribution in [1.82, 2.24) is 10.2 Å². The molecule has 0 saturated carbocycles. The molecule has 0 aliphatic carbocycles. The molecule has 2 unspecified atom stereocenters. The second-order valence-corrected chi connectivity index (χ2v) is 5.51. The van der Waals surface area contributed by atoms with E-state index in [1.807, 2.05) is 12.1 Å². The molecule has 1 aromatic carbocycles. The largest absolute Gasteiger partial charge is 0.508 e. The van der Waals surface area contributed by atoms with Crippen molar-refractivity contribution in [3.05, 3.63) is 29.8 Å². The maximum absolute atomic E-state index is 9.34. The molecule has 0 aromatic heterocycles. The van der Waals surface area contributed by atoms with Crippen LogP contribution in [-0.2, 0) is 0 Å². The molecule has 106 valence electrons. The van der Waals surface area contributed by atoms with Gasteiger partial charge >= 0.3 is 0 Å². The summed E-state index contributed by atoms with van der Waals surface area (Å²) in [5.74, 6) is 1.12. The van der Waals surface area contributed by atoms with Crippen LogP contribution < -0.4 is 5.32 Å². The maximum Gasteiger partial charge on any atom is 0.115 e. The number of hydrogen-bond donors (Lipinski definition) is 2. The molecule has 1 heterocycles. The third-order valence-electron chi connectivity index (χ3n) is 4.17. The van der Waals surface area contributed by atoms with Crippen LogP contribution in [0.4, 0.5) is 0 Å². The van der Waals surface area contributed by atoms with Crippen LogP contribution in [0.1, 0.15) is 38.3 Å². The molecule has 0 radical (unpaired) electrons. The van der Waals surface area contributed by atoms with Gasteiger partial charge in [0.15, 0.2) is 0 Å². The van der Waals surface area contributed by atoms with E-state index in [2.05, 4.69) is 24.1 Å². The van der Waals surface area contributed by atoms with Gasteiger partial charge < -0.3 is 15.3 Å². The van der Waals surface area contributed by atoms with Crippen molar-refractivity contribution in [2.45, 2.75) is 32.7 Å². The minimum Gasteiger partial charge on any atom is -0.508 e. The summed E-state index contributed by atoms with van der Waals surface area (Å²) in [6.45, 7) is 9.19. The van der Waals surface area contributed by atoms with Crippen molar-refractivity contribution in [2.75, 3.05) is 26.2 Å². The first-order valence-electron chi connectivity index (χ1n) is 7.47. The van der Waals surface area contributed by atoms with Crippen LogP contribution in [0.5, 0.6) is 5.75 Å². The van der Waals surface area contributed by atoms with Gasteiger partial charge in [-0.15, -0.1) is 0 Å². The van der Waals surface area contributed by atoms with Gasteiger partial charge in [0.25, 0.3) is 0 Å². The van der Waals surface area contributed by atoms with E-state index in [0.29, 0.717) is 11.8 Å². The lowest BCUT2D eigenvalue weighted by molar-refractivity contribution is 0.334. The minimum absolute atomic E-state index is 0.341. The summed E-state index contributed by atoms with van der Waals surface area (Å²) in [7, 11) is 0. The van der Waals surface area contributed by atoms with Crippen LogP contribution in [0.15, 0.2) is 24.3 Å². The fraction of sp³-hybridized carbons (Fsp3) is 0.625. The van der Waals surface area contributed by atoms with Crippen molar-refractivity contribution >= 4 is 0 Å². The Balaban J connectivity index is 1.84. The van der Waals surface area contributed by atoms with Crippen molar-refractivity contribution in [3.8, 4) is 5.75 Å². The number of nitrogens with zero attached hydrogens (tertiary/aromatic N) is 1. The second-order valence-electron chi connectivity index (χ2n) is 5.51. The lowest BCUT2D eigenvalue weighted by atomic mass is 10.0. The Morgan fingerprint density at radius 1 is 1.32 bits per heavy atom. The molecular formula is C16H26N2O. The zero-order valence-corrected chi connectivity index (χ0v) is 12.1. The molecule has 0 bridgehead atoms. The molecule has 2 rings (SSSR count). The SMILES string of the molecule is CCC(NCC1CCN(CC)C1)c1ccc(O)cc1. The minimum atomic E-state index is 0.341. The Hall–Kier alpha value is -1.06. The number of hydrogen-bond acceptors (Lipinski definition) is 3. The number of nitrogens with one attached hydrogen (secondary N) is 1. The Bertz CT molecular complexity index is 377. The molecule has 1 saturated heterocycles. The zero-order valence-electron chi connectivity index (χ0n) is 12.1. The first-order valence-corrected chi connectivity index (χ1v) is 7.47. The van der Waals surface area contributed by atoms with Crippen LogP contribution in [0.3, 0.4) is 0 Å². The molecule has 3 heteroatoms. The third-order valence-corrected chi connectivity index (χ3v) is 4.17. The van der Waals surface area contributed by atoms with Gasteiger partial charge in [-0.2, -0.15) is 0 Å². The highest BCUT2D eigenvalue weighted by molar-refractivity contribution is 5.27. The van der Waals surface area contributed by atoms with Crippen LogP contribution in [-0.4, -0.2) is 36.2 Å². The van der Waals surface area contributed by atoms with Crippen molar-refractivity contribution in [1.29, 1.82) is 0 Å². The molecule has 1 aliphatic heterocycles. The van der Waals surface area contributed by atoms with Gasteiger partial charge in [0.05, 0.1) is 0 Å². The summed E-state index contributed by atoms with van der Waals surface area (Å²) in [6, 6.07) is 7.98. The molecule has 2 N–H and O–H groups in total. The average Bonchev–Trinajstić information content (AvgIpc) is 2.89. The molecular weight excluding hydrogens is 236 g/mol. The highest BCUT2D eigenvalue weighted by Crippen LogP contribution is 2.21. The molecule has 0 amide bonds. The highest BCUT2D eigenvalue weighted by Gasteiger charge is 2.21. The van der Waals surface area contributed by atoms with Crippen molar-refractivity contribution < 1.29 is 5.11 Å². The molecule has 2 atom stereocenters. The van der Waals surface area contributed by atoms with E-state index < -0.39 is 0 Å². The van der Waals surface area contributed by atoms with Gasteiger partial charge in [-0.05, 0) is 56.1 Å². The standard InChI is InChI=1S/C16H26N2O/c1-3-16(14-5-7-15(19)8-6-14)17-11-13-9-10-18(4-2)12-13/h5-8,13,16-17,19H,3-4,9-12H2,1-2H3. The predicted octanol–water partition coefficient (Wildman–Crippen LogP) is 2.77. The van der Waals surface area contributed by atoms with E-state index in [-0.39, 0.29) is 0 Å². The summed E-state index contributed by atoms with van der Waals surface area (Å²) in [4.78, 5) is 2.52. The molecule has 1 aromatic rings. The van der Waals surface area contributed by atoms with E-state index in [4.69, 9.17) is 0 Å². The van der Waals surface area contributed by atoms with Crippen LogP contribution in [0.2, 0.25) is 0 Å². The quantitative estimate of drug-likeness (QED) is 0.827. The average molecular weight is 262 g/mol. The Morgan fingerprint density at radius 2 is 2.05 bits per heavy atom. The first-order chi connectivity index (χ1) is 9.22. The smallest absolute Gasteiger partial charge is 0.115 e. The normalized spacial score (nSPS) is 21.7. The van der Waals surface area contributed by atoms with Crippen LogP contribution in [0.25, 0.3) is 0 Å². The zero-order chi connectivity index (χ0) is 13.7. The first kappa shape index (κ1) is 14.4. The van der Waals surface area contributed by atoms with Gasteiger partial charge in [0, 0.05) is 12.6 Å². The molecule has 0 spiro atoms. The van der Waals surface area contributed by atoms with Crippen molar-refractivity contribution in [3.63, 3.8) is 0 Å². The molecule has 1 fully saturated rings. The van der Waals surface area contributed by atoms with E-state index >= 15 is 0 Å². The Morgan fingerprint density at radius 3 is 2.63 bits per heavy atom. The Labute approximate surface area is 116 Å². The summed E-state index contributed by atoms with van der Waals surface area (Å²) >= 11 is 0. The second kappa shape index (κ2) is 6.92. The fourth-order valence-electron chi connectivity index (χ4n) is 2.88. The maximum atomic E-state index is 9.34. The summed E-state index contributed by atoms with van der Waals surface area (Å²) in [6.07, 6.45) is 2.39. The van der Waals surface area contributed by atoms with Gasteiger partial charge in [0.1, 0.15) is 5.75 Å². The third kappa shape index (κ3) is 3.95. The molecule has 1 aliphatic rings. The van der Waals surface area contributed by atoms with Gasteiger partial charge in [0.2, 0.25) is 0 Å². The monoisotopic (exact) mass is 262 g/mol. The van der Waals surface area contributed by atoms with Gasteiger partial charge in [-0.25, -0.2) is 0 Å². The lowest BCUT2D eigenvalue weighted by Crippen LogP contribution is -2.29. The number of phenols is 1. The topological polar surface area (TPSA) is 35.5 Å². The van der Waals surface area contributed by atoms with Crippen molar-refractivity contribution in [2.24, 2.45) is 5.92 Å². The number of aromatic hydroxyl groups is 1. The summed E-state index contributed by atoms with van der Waals surface area (Å²) in [5.41, 5.74) is 1.27.